The number of allylic oxidation sites excluding steroid dienone is 1. The third-order valence-corrected chi connectivity index (χ3v) is 1.44. The van der Waals surface area contributed by atoms with Crippen LogP contribution in [0.25, 0.3) is 0 Å². The van der Waals surface area contributed by atoms with Crippen molar-refractivity contribution in [1.29, 1.82) is 0 Å². The zero-order valence-electron chi connectivity index (χ0n) is 6.18. The minimum atomic E-state index is 0.626. The van der Waals surface area contributed by atoms with Gasteiger partial charge in [-0.3, -0.25) is 0 Å². The zero-order chi connectivity index (χ0) is 7.28. The average Bonchev–Trinajstić information content (AvgIpc) is 1.87. The molecule has 0 unspecified atom stereocenters. The fraction of sp³-hybridized carbons (Fsp3) is 0.714. The van der Waals surface area contributed by atoms with E-state index in [1.807, 2.05) is 0 Å². The van der Waals surface area contributed by atoms with Crippen LogP contribution in [0.3, 0.4) is 0 Å². The van der Waals surface area contributed by atoms with Crippen LogP contribution < -0.4 is 5.90 Å². The Balaban J connectivity index is 3.34. The smallest absolute Gasteiger partial charge is 0.117 e. The molecule has 0 saturated carbocycles. The molecule has 0 aliphatic rings. The van der Waals surface area contributed by atoms with Gasteiger partial charge in [0.15, 0.2) is 0 Å². The maximum absolute atomic E-state index is 4.88. The van der Waals surface area contributed by atoms with Gasteiger partial charge in [-0.1, -0.05) is 26.8 Å². The Bertz CT molecular complexity index is 90.9. The van der Waals surface area contributed by atoms with Gasteiger partial charge < -0.3 is 4.84 Å². The van der Waals surface area contributed by atoms with E-state index in [4.69, 9.17) is 5.90 Å². The Labute approximate surface area is 56.6 Å². The molecule has 0 bridgehead atoms. The minimum Gasteiger partial charge on any atom is -0.417 e. The van der Waals surface area contributed by atoms with E-state index < -0.39 is 0 Å². The maximum atomic E-state index is 4.88. The van der Waals surface area contributed by atoms with Gasteiger partial charge in [0, 0.05) is 6.42 Å². The largest absolute Gasteiger partial charge is 0.417 e. The molecule has 0 amide bonds. The van der Waals surface area contributed by atoms with Crippen LogP contribution >= 0.6 is 0 Å². The first-order valence-electron chi connectivity index (χ1n) is 3.25. The van der Waals surface area contributed by atoms with Crippen molar-refractivity contribution in [3.05, 3.63) is 12.3 Å². The lowest BCUT2D eigenvalue weighted by molar-refractivity contribution is 0.201. The Morgan fingerprint density at radius 3 is 2.67 bits per heavy atom. The van der Waals surface area contributed by atoms with Crippen LogP contribution in [0.4, 0.5) is 0 Å². The van der Waals surface area contributed by atoms with Crippen molar-refractivity contribution in [2.24, 2.45) is 11.8 Å². The van der Waals surface area contributed by atoms with Crippen LogP contribution in [0.2, 0.25) is 0 Å². The Morgan fingerprint density at radius 1 is 1.78 bits per heavy atom. The maximum Gasteiger partial charge on any atom is 0.117 e. The SMILES string of the molecule is C=C(C[C@@H](C)CC)ON. The number of rotatable bonds is 4. The summed E-state index contributed by atoms with van der Waals surface area (Å²) in [5.74, 6) is 6.17. The molecule has 0 aromatic carbocycles. The summed E-state index contributed by atoms with van der Waals surface area (Å²) in [4.78, 5) is 4.43. The highest BCUT2D eigenvalue weighted by Gasteiger charge is 2.00. The summed E-state index contributed by atoms with van der Waals surface area (Å²) in [5.41, 5.74) is 0. The first kappa shape index (κ1) is 8.50. The summed E-state index contributed by atoms with van der Waals surface area (Å²) in [6.07, 6.45) is 2.01. The summed E-state index contributed by atoms with van der Waals surface area (Å²) in [7, 11) is 0. The van der Waals surface area contributed by atoms with Crippen molar-refractivity contribution in [3.63, 3.8) is 0 Å². The molecule has 0 saturated heterocycles. The van der Waals surface area contributed by atoms with E-state index in [0.717, 1.165) is 12.8 Å². The van der Waals surface area contributed by atoms with Crippen LogP contribution in [0, 0.1) is 5.92 Å². The summed E-state index contributed by atoms with van der Waals surface area (Å²) < 4.78 is 0. The van der Waals surface area contributed by atoms with Crippen molar-refractivity contribution in [3.8, 4) is 0 Å². The fourth-order valence-electron chi connectivity index (χ4n) is 0.581. The van der Waals surface area contributed by atoms with Crippen LogP contribution in [-0.4, -0.2) is 0 Å². The third-order valence-electron chi connectivity index (χ3n) is 1.44. The van der Waals surface area contributed by atoms with Gasteiger partial charge in [-0.05, 0) is 5.92 Å². The molecule has 0 radical (unpaired) electrons. The molecular formula is C7H15NO. The lowest BCUT2D eigenvalue weighted by Gasteiger charge is -2.07. The van der Waals surface area contributed by atoms with Crippen molar-refractivity contribution in [1.82, 2.24) is 0 Å². The molecule has 0 fully saturated rings. The van der Waals surface area contributed by atoms with Crippen LogP contribution in [0.1, 0.15) is 26.7 Å². The van der Waals surface area contributed by atoms with E-state index in [-0.39, 0.29) is 0 Å². The van der Waals surface area contributed by atoms with Crippen LogP contribution in [-0.2, 0) is 4.84 Å². The molecule has 1 atom stereocenters. The average molecular weight is 129 g/mol. The summed E-state index contributed by atoms with van der Waals surface area (Å²) >= 11 is 0. The molecule has 0 spiro atoms. The van der Waals surface area contributed by atoms with E-state index in [1.165, 1.54) is 0 Å². The molecule has 54 valence electrons. The monoisotopic (exact) mass is 129 g/mol. The van der Waals surface area contributed by atoms with Crippen LogP contribution in [0.15, 0.2) is 12.3 Å². The standard InChI is InChI=1S/C7H15NO/c1-4-6(2)5-7(3)9-8/h6H,3-5,8H2,1-2H3/t6-/m0/s1. The first-order chi connectivity index (χ1) is 4.20. The molecule has 2 N–H and O–H groups in total. The lowest BCUT2D eigenvalue weighted by atomic mass is 10.0. The number of nitrogens with two attached hydrogens (primary N) is 1. The van der Waals surface area contributed by atoms with Gasteiger partial charge in [-0.2, -0.15) is 5.90 Å². The second-order valence-corrected chi connectivity index (χ2v) is 2.37. The van der Waals surface area contributed by atoms with E-state index in [0.29, 0.717) is 11.7 Å². The summed E-state index contributed by atoms with van der Waals surface area (Å²) in [6.45, 7) is 7.89. The highest BCUT2D eigenvalue weighted by molar-refractivity contribution is 4.82. The Hall–Kier alpha value is -0.500. The lowest BCUT2D eigenvalue weighted by Crippen LogP contribution is -2.02. The van der Waals surface area contributed by atoms with E-state index in [2.05, 4.69) is 25.3 Å². The second kappa shape index (κ2) is 4.39. The molecular weight excluding hydrogens is 114 g/mol. The number of hydrogen-bond acceptors (Lipinski definition) is 2. The predicted molar refractivity (Wildman–Crippen MR) is 38.5 cm³/mol. The number of hydrogen-bond donors (Lipinski definition) is 1. The van der Waals surface area contributed by atoms with Gasteiger partial charge in [0.05, 0.1) is 0 Å². The molecule has 0 aliphatic carbocycles. The van der Waals surface area contributed by atoms with Crippen molar-refractivity contribution >= 4 is 0 Å². The highest BCUT2D eigenvalue weighted by Crippen LogP contribution is 2.11. The topological polar surface area (TPSA) is 35.2 Å². The molecule has 0 aromatic heterocycles. The molecule has 0 heterocycles. The summed E-state index contributed by atoms with van der Waals surface area (Å²) in [6, 6.07) is 0. The van der Waals surface area contributed by atoms with Crippen molar-refractivity contribution in [2.75, 3.05) is 0 Å². The minimum absolute atomic E-state index is 0.626. The van der Waals surface area contributed by atoms with Gasteiger partial charge in [0.25, 0.3) is 0 Å². The molecule has 0 aromatic rings. The van der Waals surface area contributed by atoms with E-state index in [9.17, 15) is 0 Å². The molecule has 2 nitrogen and oxygen atoms in total. The molecule has 2 heteroatoms. The highest BCUT2D eigenvalue weighted by atomic mass is 16.6. The zero-order valence-corrected chi connectivity index (χ0v) is 6.18. The molecule has 9 heavy (non-hydrogen) atoms. The van der Waals surface area contributed by atoms with E-state index in [1.54, 1.807) is 0 Å². The second-order valence-electron chi connectivity index (χ2n) is 2.37. The molecule has 0 aliphatic heterocycles. The fourth-order valence-corrected chi connectivity index (χ4v) is 0.581. The summed E-state index contributed by atoms with van der Waals surface area (Å²) in [5, 5.41) is 0. The normalized spacial score (nSPS) is 12.8. The van der Waals surface area contributed by atoms with Gasteiger partial charge in [-0.25, -0.2) is 0 Å². The third kappa shape index (κ3) is 4.03. The quantitative estimate of drug-likeness (QED) is 0.464. The Kier molecular flexibility index (Phi) is 4.14. The van der Waals surface area contributed by atoms with Crippen molar-refractivity contribution < 1.29 is 4.84 Å². The van der Waals surface area contributed by atoms with Crippen molar-refractivity contribution in [2.45, 2.75) is 26.7 Å². The van der Waals surface area contributed by atoms with Gasteiger partial charge >= 0.3 is 0 Å². The predicted octanol–water partition coefficient (Wildman–Crippen LogP) is 1.83. The van der Waals surface area contributed by atoms with Gasteiger partial charge in [0.2, 0.25) is 0 Å². The molecule has 0 rings (SSSR count). The van der Waals surface area contributed by atoms with Gasteiger partial charge in [-0.15, -0.1) is 0 Å². The van der Waals surface area contributed by atoms with Gasteiger partial charge in [0.1, 0.15) is 5.76 Å². The van der Waals surface area contributed by atoms with E-state index >= 15 is 0 Å². The van der Waals surface area contributed by atoms with Crippen LogP contribution in [0.5, 0.6) is 0 Å². The first-order valence-corrected chi connectivity index (χ1v) is 3.25. The Morgan fingerprint density at radius 2 is 2.33 bits per heavy atom.